The van der Waals surface area contributed by atoms with Gasteiger partial charge in [-0.3, -0.25) is 4.79 Å². The zero-order valence-electron chi connectivity index (χ0n) is 15.9. The highest BCUT2D eigenvalue weighted by atomic mass is 35.5. The predicted molar refractivity (Wildman–Crippen MR) is 109 cm³/mol. The topological polar surface area (TPSA) is 82.3 Å². The zero-order valence-corrected chi connectivity index (χ0v) is 16.7. The minimum atomic E-state index is -0.388. The Morgan fingerprint density at radius 1 is 1.44 bits per heavy atom. The number of fused-ring (bicyclic) bond motifs is 2. The van der Waals surface area contributed by atoms with Crippen LogP contribution in [0.25, 0.3) is 0 Å². The second kappa shape index (κ2) is 7.21. The van der Waals surface area contributed by atoms with E-state index in [0.717, 1.165) is 50.2 Å². The molecule has 2 atom stereocenters. The van der Waals surface area contributed by atoms with E-state index in [9.17, 15) is 9.90 Å². The van der Waals surface area contributed by atoms with Crippen LogP contribution in [0.4, 0.5) is 0 Å². The van der Waals surface area contributed by atoms with Crippen LogP contribution in [-0.4, -0.2) is 40.5 Å². The van der Waals surface area contributed by atoms with Crippen LogP contribution in [-0.2, 0) is 18.3 Å². The van der Waals surface area contributed by atoms with Crippen molar-refractivity contribution >= 4 is 18.3 Å². The van der Waals surface area contributed by atoms with E-state index in [1.807, 2.05) is 19.1 Å². The highest BCUT2D eigenvalue weighted by Gasteiger charge is 2.48. The summed E-state index contributed by atoms with van der Waals surface area (Å²) in [6.07, 6.45) is 2.86. The molecule has 1 aromatic heterocycles. The number of carbonyl (C=O) groups excluding carboxylic acids is 1. The number of hydrogen-bond acceptors (Lipinski definition) is 3. The Morgan fingerprint density at radius 2 is 2.22 bits per heavy atom. The second-order valence-corrected chi connectivity index (χ2v) is 7.87. The molecule has 1 aromatic carbocycles. The van der Waals surface area contributed by atoms with Gasteiger partial charge >= 0.3 is 0 Å². The lowest BCUT2D eigenvalue weighted by Gasteiger charge is -2.51. The molecule has 6 heteroatoms. The molecule has 0 radical (unpaired) electrons. The fourth-order valence-electron chi connectivity index (χ4n) is 5.15. The van der Waals surface area contributed by atoms with Gasteiger partial charge in [0.1, 0.15) is 11.4 Å². The number of benzene rings is 1. The number of phenolic OH excluding ortho intramolecular Hbond substituents is 1. The fraction of sp³-hybridized carbons (Fsp3) is 0.476. The first-order chi connectivity index (χ1) is 12.4. The smallest absolute Gasteiger partial charge is 0.265 e. The summed E-state index contributed by atoms with van der Waals surface area (Å²) in [6.45, 7) is 7.36. The van der Waals surface area contributed by atoms with Gasteiger partial charge in [-0.15, -0.1) is 12.4 Å². The summed E-state index contributed by atoms with van der Waals surface area (Å²) in [5, 5.41) is 10.1. The van der Waals surface area contributed by atoms with E-state index in [4.69, 9.17) is 5.73 Å². The number of rotatable bonds is 3. The Morgan fingerprint density at radius 3 is 2.89 bits per heavy atom. The van der Waals surface area contributed by atoms with E-state index in [1.165, 1.54) is 11.1 Å². The number of amides is 1. The number of aromatic nitrogens is 1. The molecule has 146 valence electrons. The van der Waals surface area contributed by atoms with Crippen molar-refractivity contribution in [1.29, 1.82) is 0 Å². The van der Waals surface area contributed by atoms with E-state index in [-0.39, 0.29) is 23.7 Å². The molecule has 4 rings (SSSR count). The number of likely N-dealkylation sites (tertiary alicyclic amines) is 1. The third kappa shape index (κ3) is 3.13. The molecular formula is C21H28ClN3O2. The zero-order chi connectivity index (χ0) is 18.5. The summed E-state index contributed by atoms with van der Waals surface area (Å²) in [7, 11) is 0. The molecule has 1 aliphatic carbocycles. The van der Waals surface area contributed by atoms with Crippen LogP contribution in [0.1, 0.15) is 46.2 Å². The molecule has 2 heterocycles. The number of carbonyl (C=O) groups is 1. The number of H-pyrrole nitrogens is 1. The Kier molecular flexibility index (Phi) is 5.28. The maximum atomic E-state index is 11.8. The molecule has 5 nitrogen and oxygen atoms in total. The summed E-state index contributed by atoms with van der Waals surface area (Å²) in [5.41, 5.74) is 10.7. The second-order valence-electron chi connectivity index (χ2n) is 7.87. The van der Waals surface area contributed by atoms with Gasteiger partial charge in [0.15, 0.2) is 0 Å². The summed E-state index contributed by atoms with van der Waals surface area (Å²) in [6, 6.07) is 7.73. The molecule has 1 fully saturated rings. The van der Waals surface area contributed by atoms with Gasteiger partial charge in [-0.05, 0) is 74.0 Å². The molecule has 0 unspecified atom stereocenters. The molecule has 4 N–H and O–H groups in total. The van der Waals surface area contributed by atoms with Gasteiger partial charge in [0, 0.05) is 17.7 Å². The van der Waals surface area contributed by atoms with Gasteiger partial charge in [-0.25, -0.2) is 0 Å². The number of aromatic amines is 1. The molecule has 1 saturated heterocycles. The number of nitrogens with one attached hydrogen (secondary N) is 1. The van der Waals surface area contributed by atoms with Gasteiger partial charge in [0.05, 0.1) is 0 Å². The highest BCUT2D eigenvalue weighted by molar-refractivity contribution is 5.93. The maximum absolute atomic E-state index is 11.8. The van der Waals surface area contributed by atoms with Crippen molar-refractivity contribution in [2.75, 3.05) is 19.6 Å². The summed E-state index contributed by atoms with van der Waals surface area (Å²) < 4.78 is 0. The molecule has 0 bridgehead atoms. The predicted octanol–water partition coefficient (Wildman–Crippen LogP) is 2.93. The summed E-state index contributed by atoms with van der Waals surface area (Å²) >= 11 is 0. The van der Waals surface area contributed by atoms with Gasteiger partial charge in [0.2, 0.25) is 0 Å². The Balaban J connectivity index is 0.00000210. The van der Waals surface area contributed by atoms with Crippen LogP contribution in [0.15, 0.2) is 24.3 Å². The SMILES string of the molecule is CCN1CC[C@@]2(c3cccc(O)c3)Cc3[nH]c(C(N)=O)c(C)c3C[C@@H]2C1.Cl. The normalized spacial score (nSPS) is 24.6. The molecule has 0 saturated carbocycles. The highest BCUT2D eigenvalue weighted by Crippen LogP contribution is 2.49. The van der Waals surface area contributed by atoms with E-state index < -0.39 is 0 Å². The quantitative estimate of drug-likeness (QED) is 0.754. The number of hydrogen-bond donors (Lipinski definition) is 3. The van der Waals surface area contributed by atoms with Crippen molar-refractivity contribution in [2.45, 2.75) is 38.5 Å². The first-order valence-electron chi connectivity index (χ1n) is 9.46. The van der Waals surface area contributed by atoms with E-state index in [2.05, 4.69) is 22.9 Å². The number of halogens is 1. The molecule has 1 aliphatic heterocycles. The van der Waals surface area contributed by atoms with Crippen LogP contribution in [0.3, 0.4) is 0 Å². The minimum Gasteiger partial charge on any atom is -0.508 e. The molecule has 1 amide bonds. The van der Waals surface area contributed by atoms with Gasteiger partial charge < -0.3 is 20.7 Å². The number of aromatic hydroxyl groups is 1. The average molecular weight is 390 g/mol. The van der Waals surface area contributed by atoms with E-state index >= 15 is 0 Å². The lowest BCUT2D eigenvalue weighted by atomic mass is 9.58. The number of piperidine rings is 1. The standard InChI is InChI=1S/C21H27N3O2.ClH/c1-3-24-8-7-21(14-5-4-6-16(25)9-14)11-18-17(10-15(21)12-24)13(2)19(23-18)20(22)26;/h4-6,9,15,23,25H,3,7-8,10-12H2,1-2H3,(H2,22,26);1H/t15-,21+;/m1./s1. The van der Waals surface area contributed by atoms with Crippen LogP contribution < -0.4 is 5.73 Å². The van der Waals surface area contributed by atoms with E-state index in [0.29, 0.717) is 17.4 Å². The first-order valence-corrected chi connectivity index (χ1v) is 9.46. The largest absolute Gasteiger partial charge is 0.508 e. The van der Waals surface area contributed by atoms with Crippen LogP contribution in [0.5, 0.6) is 5.75 Å². The fourth-order valence-corrected chi connectivity index (χ4v) is 5.15. The monoisotopic (exact) mass is 389 g/mol. The Bertz CT molecular complexity index is 863. The van der Waals surface area contributed by atoms with Crippen LogP contribution >= 0.6 is 12.4 Å². The third-order valence-corrected chi connectivity index (χ3v) is 6.66. The first kappa shape index (κ1) is 19.8. The van der Waals surface area contributed by atoms with Crippen molar-refractivity contribution in [3.8, 4) is 5.75 Å². The van der Waals surface area contributed by atoms with Crippen molar-refractivity contribution in [3.05, 3.63) is 52.3 Å². The van der Waals surface area contributed by atoms with Crippen molar-refractivity contribution in [3.63, 3.8) is 0 Å². The summed E-state index contributed by atoms with van der Waals surface area (Å²) in [5.74, 6) is 0.391. The van der Waals surface area contributed by atoms with Crippen molar-refractivity contribution < 1.29 is 9.90 Å². The molecule has 2 aromatic rings. The molecular weight excluding hydrogens is 362 g/mol. The summed E-state index contributed by atoms with van der Waals surface area (Å²) in [4.78, 5) is 17.6. The Labute approximate surface area is 166 Å². The van der Waals surface area contributed by atoms with Gasteiger partial charge in [0.25, 0.3) is 5.91 Å². The minimum absolute atomic E-state index is 0. The van der Waals surface area contributed by atoms with E-state index in [1.54, 1.807) is 6.07 Å². The van der Waals surface area contributed by atoms with Crippen LogP contribution in [0, 0.1) is 12.8 Å². The van der Waals surface area contributed by atoms with Gasteiger partial charge in [-0.1, -0.05) is 19.1 Å². The lowest BCUT2D eigenvalue weighted by molar-refractivity contribution is 0.0848. The van der Waals surface area contributed by atoms with Crippen molar-refractivity contribution in [1.82, 2.24) is 9.88 Å². The average Bonchev–Trinajstić information content (AvgIpc) is 2.95. The van der Waals surface area contributed by atoms with Crippen LogP contribution in [0.2, 0.25) is 0 Å². The number of nitrogens with zero attached hydrogens (tertiary/aromatic N) is 1. The number of nitrogens with two attached hydrogens (primary N) is 1. The number of primary amides is 1. The molecule has 0 spiro atoms. The van der Waals surface area contributed by atoms with Crippen molar-refractivity contribution in [2.24, 2.45) is 11.7 Å². The maximum Gasteiger partial charge on any atom is 0.265 e. The lowest BCUT2D eigenvalue weighted by Crippen LogP contribution is -2.53. The third-order valence-electron chi connectivity index (χ3n) is 6.66. The Hall–Kier alpha value is -1.98. The molecule has 27 heavy (non-hydrogen) atoms. The molecule has 2 aliphatic rings. The number of phenols is 1. The van der Waals surface area contributed by atoms with Gasteiger partial charge in [-0.2, -0.15) is 0 Å².